The van der Waals surface area contributed by atoms with Gasteiger partial charge in [-0.25, -0.2) is 4.79 Å². The van der Waals surface area contributed by atoms with Gasteiger partial charge < -0.3 is 4.74 Å². The number of carbonyl (C=O) groups is 2. The Hall–Kier alpha value is -2.66. The zero-order chi connectivity index (χ0) is 16.9. The van der Waals surface area contributed by atoms with E-state index in [-0.39, 0.29) is 0 Å². The molecule has 1 heterocycles. The molecule has 0 aromatic heterocycles. The van der Waals surface area contributed by atoms with E-state index in [4.69, 9.17) is 4.74 Å². The monoisotopic (exact) mass is 383 g/mol. The van der Waals surface area contributed by atoms with Gasteiger partial charge in [0.1, 0.15) is 12.0 Å². The number of ether oxygens (including phenoxy) is 1. The quantitative estimate of drug-likeness (QED) is 0.727. The molecule has 0 N–H and O–H groups in total. The van der Waals surface area contributed by atoms with E-state index in [1.165, 1.54) is 4.90 Å². The van der Waals surface area contributed by atoms with E-state index in [2.05, 4.69) is 15.9 Å². The van der Waals surface area contributed by atoms with Crippen molar-refractivity contribution in [3.05, 3.63) is 88.6 Å². The van der Waals surface area contributed by atoms with Crippen LogP contribution in [0.5, 0.6) is 5.75 Å². The summed E-state index contributed by atoms with van der Waals surface area (Å²) in [7, 11) is 0. The number of nitrogens with zero attached hydrogens (tertiary/aromatic N) is 1. The number of para-hydroxylation sites is 1. The Kier molecular flexibility index (Phi) is 4.91. The molecule has 0 radical (unpaired) electrons. The van der Waals surface area contributed by atoms with Gasteiger partial charge in [-0.3, -0.25) is 9.69 Å². The van der Waals surface area contributed by atoms with Crippen molar-refractivity contribution in [3.8, 4) is 5.75 Å². The van der Waals surface area contributed by atoms with Crippen LogP contribution in [-0.4, -0.2) is 17.3 Å². The SMILES string of the molecule is O=CC1=CC(Br)=CN(C(=O)Oc2ccccc2)C1c1ccccc1. The third kappa shape index (κ3) is 3.46. The summed E-state index contributed by atoms with van der Waals surface area (Å²) in [6.45, 7) is 0. The Labute approximate surface area is 148 Å². The molecule has 1 aliphatic heterocycles. The molecule has 1 unspecified atom stereocenters. The molecule has 3 rings (SSSR count). The molecule has 0 fully saturated rings. The molecule has 4 nitrogen and oxygen atoms in total. The lowest BCUT2D eigenvalue weighted by Crippen LogP contribution is -2.35. The van der Waals surface area contributed by atoms with Gasteiger partial charge in [-0.2, -0.15) is 0 Å². The molecule has 0 saturated carbocycles. The van der Waals surface area contributed by atoms with Crippen molar-refractivity contribution in [3.63, 3.8) is 0 Å². The van der Waals surface area contributed by atoms with Crippen molar-refractivity contribution in [2.45, 2.75) is 6.04 Å². The highest BCUT2D eigenvalue weighted by molar-refractivity contribution is 9.11. The molecule has 0 aliphatic carbocycles. The van der Waals surface area contributed by atoms with Gasteiger partial charge in [0.25, 0.3) is 0 Å². The fraction of sp³-hybridized carbons (Fsp3) is 0.0526. The standard InChI is InChI=1S/C19H14BrNO3/c20-16-11-15(13-22)18(14-7-3-1-4-8-14)21(12-16)19(23)24-17-9-5-2-6-10-17/h1-13,18H. The molecule has 24 heavy (non-hydrogen) atoms. The van der Waals surface area contributed by atoms with Crippen LogP contribution in [0.2, 0.25) is 0 Å². The number of amides is 1. The van der Waals surface area contributed by atoms with Gasteiger partial charge in [0, 0.05) is 16.3 Å². The number of allylic oxidation sites excluding steroid dienone is 2. The van der Waals surface area contributed by atoms with Crippen molar-refractivity contribution < 1.29 is 14.3 Å². The van der Waals surface area contributed by atoms with Crippen LogP contribution in [-0.2, 0) is 4.79 Å². The van der Waals surface area contributed by atoms with Gasteiger partial charge in [-0.05, 0) is 39.7 Å². The van der Waals surface area contributed by atoms with Crippen LogP contribution >= 0.6 is 15.9 Å². The van der Waals surface area contributed by atoms with Gasteiger partial charge >= 0.3 is 6.09 Å². The highest BCUT2D eigenvalue weighted by Gasteiger charge is 2.31. The smallest absolute Gasteiger partial charge is 0.410 e. The third-order valence-electron chi connectivity index (χ3n) is 3.57. The maximum atomic E-state index is 12.7. The van der Waals surface area contributed by atoms with Gasteiger partial charge in [0.15, 0.2) is 0 Å². The topological polar surface area (TPSA) is 46.6 Å². The second-order valence-corrected chi connectivity index (χ2v) is 6.09. The van der Waals surface area contributed by atoms with E-state index in [0.717, 1.165) is 11.8 Å². The summed E-state index contributed by atoms with van der Waals surface area (Å²) < 4.78 is 6.05. The molecule has 5 heteroatoms. The number of rotatable bonds is 3. The minimum atomic E-state index is -0.556. The zero-order valence-electron chi connectivity index (χ0n) is 12.6. The molecule has 0 bridgehead atoms. The fourth-order valence-corrected chi connectivity index (χ4v) is 3.02. The molecule has 0 spiro atoms. The van der Waals surface area contributed by atoms with Crippen LogP contribution in [0.4, 0.5) is 4.79 Å². The summed E-state index contributed by atoms with van der Waals surface area (Å²) in [5.41, 5.74) is 1.30. The fourth-order valence-electron chi connectivity index (χ4n) is 2.53. The lowest BCUT2D eigenvalue weighted by Gasteiger charge is -2.31. The first kappa shape index (κ1) is 16.2. The Balaban J connectivity index is 1.95. The van der Waals surface area contributed by atoms with Crippen molar-refractivity contribution in [1.29, 1.82) is 0 Å². The average Bonchev–Trinajstić information content (AvgIpc) is 2.62. The average molecular weight is 384 g/mol. The summed E-state index contributed by atoms with van der Waals surface area (Å²) in [4.78, 5) is 25.6. The van der Waals surface area contributed by atoms with Gasteiger partial charge in [-0.15, -0.1) is 0 Å². The summed E-state index contributed by atoms with van der Waals surface area (Å²) >= 11 is 3.34. The molecule has 0 saturated heterocycles. The minimum absolute atomic E-state index is 0.445. The maximum Gasteiger partial charge on any atom is 0.420 e. The van der Waals surface area contributed by atoms with Crippen LogP contribution in [0.25, 0.3) is 0 Å². The number of hydrogen-bond acceptors (Lipinski definition) is 3. The first-order chi connectivity index (χ1) is 11.7. The minimum Gasteiger partial charge on any atom is -0.410 e. The van der Waals surface area contributed by atoms with Gasteiger partial charge in [-0.1, -0.05) is 48.5 Å². The van der Waals surface area contributed by atoms with Crippen molar-refractivity contribution >= 4 is 28.3 Å². The molecular formula is C19H14BrNO3. The van der Waals surface area contributed by atoms with Crippen molar-refractivity contribution in [2.75, 3.05) is 0 Å². The van der Waals surface area contributed by atoms with Crippen LogP contribution in [0.1, 0.15) is 11.6 Å². The zero-order valence-corrected chi connectivity index (χ0v) is 14.2. The van der Waals surface area contributed by atoms with Crippen LogP contribution < -0.4 is 4.74 Å². The third-order valence-corrected chi connectivity index (χ3v) is 4.01. The molecule has 1 amide bonds. The Morgan fingerprint density at radius 2 is 1.67 bits per heavy atom. The predicted octanol–water partition coefficient (Wildman–Crippen LogP) is 4.60. The van der Waals surface area contributed by atoms with Crippen LogP contribution in [0.3, 0.4) is 0 Å². The van der Waals surface area contributed by atoms with Crippen LogP contribution in [0, 0.1) is 0 Å². The Morgan fingerprint density at radius 3 is 2.29 bits per heavy atom. The first-order valence-corrected chi connectivity index (χ1v) is 8.12. The normalized spacial score (nSPS) is 16.9. The highest BCUT2D eigenvalue weighted by Crippen LogP contribution is 2.34. The lowest BCUT2D eigenvalue weighted by atomic mass is 9.96. The molecular weight excluding hydrogens is 370 g/mol. The first-order valence-electron chi connectivity index (χ1n) is 7.33. The summed E-state index contributed by atoms with van der Waals surface area (Å²) in [6, 6.07) is 17.7. The number of benzene rings is 2. The highest BCUT2D eigenvalue weighted by atomic mass is 79.9. The molecule has 120 valence electrons. The number of hydrogen-bond donors (Lipinski definition) is 0. The van der Waals surface area contributed by atoms with Crippen LogP contribution in [0.15, 0.2) is 83.0 Å². The van der Waals surface area contributed by atoms with E-state index < -0.39 is 12.1 Å². The molecule has 1 atom stereocenters. The molecule has 2 aromatic carbocycles. The second kappa shape index (κ2) is 7.27. The number of aldehydes is 1. The summed E-state index contributed by atoms with van der Waals surface area (Å²) in [5, 5.41) is 0. The lowest BCUT2D eigenvalue weighted by molar-refractivity contribution is -0.105. The largest absolute Gasteiger partial charge is 0.420 e. The summed E-state index contributed by atoms with van der Waals surface area (Å²) in [6.07, 6.45) is 3.53. The van der Waals surface area contributed by atoms with Gasteiger partial charge in [0.05, 0.1) is 6.04 Å². The number of carbonyl (C=O) groups excluding carboxylic acids is 2. The van der Waals surface area contributed by atoms with Crippen molar-refractivity contribution in [2.24, 2.45) is 0 Å². The van der Waals surface area contributed by atoms with Crippen molar-refractivity contribution in [1.82, 2.24) is 4.90 Å². The predicted molar refractivity (Wildman–Crippen MR) is 94.6 cm³/mol. The Bertz CT molecular complexity index is 800. The van der Waals surface area contributed by atoms with E-state index in [1.807, 2.05) is 36.4 Å². The van der Waals surface area contributed by atoms with E-state index in [1.54, 1.807) is 36.5 Å². The van der Waals surface area contributed by atoms with E-state index in [9.17, 15) is 9.59 Å². The summed E-state index contributed by atoms with van der Waals surface area (Å²) in [5.74, 6) is 0.445. The maximum absolute atomic E-state index is 12.7. The molecule has 2 aromatic rings. The second-order valence-electron chi connectivity index (χ2n) is 5.18. The van der Waals surface area contributed by atoms with E-state index in [0.29, 0.717) is 15.8 Å². The van der Waals surface area contributed by atoms with E-state index >= 15 is 0 Å². The Morgan fingerprint density at radius 1 is 1.04 bits per heavy atom. The molecule has 1 aliphatic rings. The number of halogens is 1. The van der Waals surface area contributed by atoms with Gasteiger partial charge in [0.2, 0.25) is 0 Å².